The zero-order valence-corrected chi connectivity index (χ0v) is 13.7. The predicted molar refractivity (Wildman–Crippen MR) is 80.7 cm³/mol. The van der Waals surface area contributed by atoms with E-state index >= 15 is 0 Å². The summed E-state index contributed by atoms with van der Waals surface area (Å²) < 4.78 is 5.10. The van der Waals surface area contributed by atoms with Gasteiger partial charge in [-0.25, -0.2) is 0 Å². The van der Waals surface area contributed by atoms with Crippen LogP contribution in [0.4, 0.5) is 0 Å². The molecule has 0 saturated carbocycles. The van der Waals surface area contributed by atoms with E-state index < -0.39 is 0 Å². The summed E-state index contributed by atoms with van der Waals surface area (Å²) in [7, 11) is 0. The third kappa shape index (κ3) is 3.05. The lowest BCUT2D eigenvalue weighted by Crippen LogP contribution is -2.55. The Morgan fingerprint density at radius 2 is 1.75 bits per heavy atom. The lowest BCUT2D eigenvalue weighted by Gasteiger charge is -2.46. The largest absolute Gasteiger partial charge is 0.361 e. The molecule has 20 heavy (non-hydrogen) atoms. The first kappa shape index (κ1) is 16.7. The van der Waals surface area contributed by atoms with Crippen molar-refractivity contribution in [1.29, 1.82) is 0 Å². The van der Waals surface area contributed by atoms with E-state index in [1.807, 2.05) is 6.92 Å². The Morgan fingerprint density at radius 3 is 2.15 bits per heavy atom. The molecule has 0 spiro atoms. The van der Waals surface area contributed by atoms with Crippen LogP contribution in [0.25, 0.3) is 0 Å². The molecule has 0 unspecified atom stereocenters. The average Bonchev–Trinajstić information content (AvgIpc) is 2.89. The number of hydrogen-bond acceptors (Lipinski definition) is 3. The first-order chi connectivity index (χ1) is 9.35. The minimum atomic E-state index is -0.284. The van der Waals surface area contributed by atoms with Crippen LogP contribution in [0.2, 0.25) is 0 Å². The lowest BCUT2D eigenvalue weighted by molar-refractivity contribution is 0.0659. The zero-order valence-electron chi connectivity index (χ0n) is 13.7. The van der Waals surface area contributed by atoms with Gasteiger partial charge in [0.1, 0.15) is 5.76 Å². The maximum absolute atomic E-state index is 12.4. The normalized spacial score (nSPS) is 12.5. The van der Waals surface area contributed by atoms with E-state index in [0.29, 0.717) is 5.69 Å². The van der Waals surface area contributed by atoms with Gasteiger partial charge in [0.25, 0.3) is 5.91 Å². The molecule has 4 heteroatoms. The van der Waals surface area contributed by atoms with E-state index in [0.717, 1.165) is 31.4 Å². The highest BCUT2D eigenvalue weighted by molar-refractivity contribution is 5.92. The number of aromatic nitrogens is 1. The van der Waals surface area contributed by atoms with E-state index in [1.54, 1.807) is 6.07 Å². The first-order valence-corrected chi connectivity index (χ1v) is 7.63. The van der Waals surface area contributed by atoms with Crippen molar-refractivity contribution >= 4 is 5.91 Å². The van der Waals surface area contributed by atoms with Crippen molar-refractivity contribution in [3.63, 3.8) is 0 Å². The summed E-state index contributed by atoms with van der Waals surface area (Å²) in [5.41, 5.74) is 0.181. The van der Waals surface area contributed by atoms with Gasteiger partial charge in [-0.15, -0.1) is 0 Å². The second-order valence-electron chi connectivity index (χ2n) is 5.95. The van der Waals surface area contributed by atoms with Crippen molar-refractivity contribution in [3.8, 4) is 0 Å². The fourth-order valence-electron chi connectivity index (χ4n) is 3.14. The lowest BCUT2D eigenvalue weighted by atomic mass is 9.66. The van der Waals surface area contributed by atoms with Crippen LogP contribution in [0.5, 0.6) is 0 Å². The standard InChI is InChI=1S/C16H28N2O2/c1-7-12-11-13(18-20-12)14(19)17-15(5,6)16(8-2,9-3)10-4/h11H,7-10H2,1-6H3,(H,17,19). The van der Waals surface area contributed by atoms with Crippen molar-refractivity contribution in [2.75, 3.05) is 0 Å². The number of nitrogens with zero attached hydrogens (tertiary/aromatic N) is 1. The smallest absolute Gasteiger partial charge is 0.273 e. The monoisotopic (exact) mass is 280 g/mol. The highest BCUT2D eigenvalue weighted by Crippen LogP contribution is 2.41. The van der Waals surface area contributed by atoms with Gasteiger partial charge in [-0.05, 0) is 38.5 Å². The van der Waals surface area contributed by atoms with Gasteiger partial charge >= 0.3 is 0 Å². The van der Waals surface area contributed by atoms with E-state index in [1.165, 1.54) is 0 Å². The van der Waals surface area contributed by atoms with Gasteiger partial charge in [0.15, 0.2) is 5.69 Å². The second kappa shape index (κ2) is 6.42. The van der Waals surface area contributed by atoms with Gasteiger partial charge in [0.2, 0.25) is 0 Å². The molecule has 0 aliphatic rings. The van der Waals surface area contributed by atoms with Crippen LogP contribution in [-0.2, 0) is 6.42 Å². The summed E-state index contributed by atoms with van der Waals surface area (Å²) in [5, 5.41) is 6.99. The second-order valence-corrected chi connectivity index (χ2v) is 5.95. The molecular formula is C16H28N2O2. The van der Waals surface area contributed by atoms with Gasteiger partial charge < -0.3 is 9.84 Å². The molecule has 0 bridgehead atoms. The summed E-state index contributed by atoms with van der Waals surface area (Å²) in [6.45, 7) is 12.7. The molecule has 1 heterocycles. The summed E-state index contributed by atoms with van der Waals surface area (Å²) in [5.74, 6) is 0.582. The zero-order chi connectivity index (χ0) is 15.4. The Morgan fingerprint density at radius 1 is 1.20 bits per heavy atom. The van der Waals surface area contributed by atoms with Crippen LogP contribution in [-0.4, -0.2) is 16.6 Å². The highest BCUT2D eigenvalue weighted by Gasteiger charge is 2.42. The molecule has 1 rings (SSSR count). The number of carbonyl (C=O) groups is 1. The first-order valence-electron chi connectivity index (χ1n) is 7.63. The van der Waals surface area contributed by atoms with Crippen molar-refractivity contribution in [1.82, 2.24) is 10.5 Å². The van der Waals surface area contributed by atoms with Crippen molar-refractivity contribution in [2.45, 2.75) is 72.8 Å². The molecule has 0 aromatic carbocycles. The molecule has 4 nitrogen and oxygen atoms in total. The van der Waals surface area contributed by atoms with Gasteiger partial charge in [-0.2, -0.15) is 0 Å². The van der Waals surface area contributed by atoms with Gasteiger partial charge in [-0.3, -0.25) is 4.79 Å². The topological polar surface area (TPSA) is 55.1 Å². The quantitative estimate of drug-likeness (QED) is 0.822. The van der Waals surface area contributed by atoms with E-state index in [4.69, 9.17) is 4.52 Å². The molecule has 0 aliphatic carbocycles. The summed E-state index contributed by atoms with van der Waals surface area (Å²) in [6.07, 6.45) is 3.84. The van der Waals surface area contributed by atoms with Crippen molar-refractivity contribution in [2.24, 2.45) is 5.41 Å². The molecule has 0 saturated heterocycles. The van der Waals surface area contributed by atoms with Crippen LogP contribution < -0.4 is 5.32 Å². The minimum Gasteiger partial charge on any atom is -0.361 e. The Labute approximate surface area is 122 Å². The number of nitrogens with one attached hydrogen (secondary N) is 1. The van der Waals surface area contributed by atoms with Crippen LogP contribution in [0.3, 0.4) is 0 Å². The number of carbonyl (C=O) groups excluding carboxylic acids is 1. The molecule has 1 aromatic heterocycles. The van der Waals surface area contributed by atoms with E-state index in [9.17, 15) is 4.79 Å². The molecule has 1 aromatic rings. The fourth-order valence-corrected chi connectivity index (χ4v) is 3.14. The van der Waals surface area contributed by atoms with Crippen molar-refractivity contribution in [3.05, 3.63) is 17.5 Å². The highest BCUT2D eigenvalue weighted by atomic mass is 16.5. The van der Waals surface area contributed by atoms with Crippen LogP contribution in [0.15, 0.2) is 10.6 Å². The number of hydrogen-bond donors (Lipinski definition) is 1. The summed E-state index contributed by atoms with van der Waals surface area (Å²) in [4.78, 5) is 12.4. The number of amides is 1. The van der Waals surface area contributed by atoms with E-state index in [-0.39, 0.29) is 16.9 Å². The number of aryl methyl sites for hydroxylation is 1. The van der Waals surface area contributed by atoms with Gasteiger partial charge in [0, 0.05) is 18.0 Å². The van der Waals surface area contributed by atoms with Crippen molar-refractivity contribution < 1.29 is 9.32 Å². The molecular weight excluding hydrogens is 252 g/mol. The Bertz CT molecular complexity index is 437. The molecule has 114 valence electrons. The Kier molecular flexibility index (Phi) is 5.37. The van der Waals surface area contributed by atoms with Crippen LogP contribution >= 0.6 is 0 Å². The molecule has 1 amide bonds. The minimum absolute atomic E-state index is 0.0972. The fraction of sp³-hybridized carbons (Fsp3) is 0.750. The Balaban J connectivity index is 2.91. The van der Waals surface area contributed by atoms with Crippen LogP contribution in [0.1, 0.15) is 77.1 Å². The third-order valence-corrected chi connectivity index (χ3v) is 4.92. The predicted octanol–water partition coefficient (Wildman–Crippen LogP) is 3.96. The molecule has 0 radical (unpaired) electrons. The SMILES string of the molecule is CCc1cc(C(=O)NC(C)(C)C(CC)(CC)CC)no1. The average molecular weight is 280 g/mol. The molecule has 0 atom stereocenters. The number of rotatable bonds is 7. The summed E-state index contributed by atoms with van der Waals surface area (Å²) >= 11 is 0. The van der Waals surface area contributed by atoms with E-state index in [2.05, 4.69) is 45.1 Å². The maximum Gasteiger partial charge on any atom is 0.273 e. The van der Waals surface area contributed by atoms with Gasteiger partial charge in [0.05, 0.1) is 0 Å². The van der Waals surface area contributed by atoms with Crippen LogP contribution in [0, 0.1) is 5.41 Å². The summed E-state index contributed by atoms with van der Waals surface area (Å²) in [6, 6.07) is 1.72. The van der Waals surface area contributed by atoms with Gasteiger partial charge in [-0.1, -0.05) is 32.9 Å². The maximum atomic E-state index is 12.4. The Hall–Kier alpha value is -1.32. The molecule has 0 aliphatic heterocycles. The molecule has 0 fully saturated rings. The molecule has 1 N–H and O–H groups in total. The third-order valence-electron chi connectivity index (χ3n) is 4.92.